The molecule has 0 saturated heterocycles. The van der Waals surface area contributed by atoms with E-state index >= 15 is 0 Å². The van der Waals surface area contributed by atoms with Crippen LogP contribution in [0.25, 0.3) is 22.4 Å². The summed E-state index contributed by atoms with van der Waals surface area (Å²) in [5.74, 6) is 0.269. The molecule has 0 N–H and O–H groups in total. The summed E-state index contributed by atoms with van der Waals surface area (Å²) in [4.78, 5) is 20.1. The zero-order valence-electron chi connectivity index (χ0n) is 13.7. The first-order valence-electron chi connectivity index (χ1n) is 7.55. The summed E-state index contributed by atoms with van der Waals surface area (Å²) in [6.45, 7) is 3.69. The monoisotopic (exact) mass is 327 g/mol. The highest BCUT2D eigenvalue weighted by atomic mass is 16.6. The number of nitrogens with zero attached hydrogens (tertiary/aromatic N) is 3. The van der Waals surface area contributed by atoms with E-state index in [1.807, 2.05) is 38.1 Å². The number of rotatable bonds is 5. The zero-order chi connectivity index (χ0) is 17.1. The summed E-state index contributed by atoms with van der Waals surface area (Å²) < 4.78 is 15.4. The van der Waals surface area contributed by atoms with Crippen LogP contribution in [0.2, 0.25) is 0 Å². The van der Waals surface area contributed by atoms with Crippen LogP contribution in [0.15, 0.2) is 28.8 Å². The third-order valence-electron chi connectivity index (χ3n) is 3.53. The Hall–Kier alpha value is -2.96. The summed E-state index contributed by atoms with van der Waals surface area (Å²) >= 11 is 0. The summed E-state index contributed by atoms with van der Waals surface area (Å²) in [7, 11) is 1.29. The molecule has 0 atom stereocenters. The van der Waals surface area contributed by atoms with E-state index in [9.17, 15) is 4.79 Å². The number of aryl methyl sites for hydroxylation is 2. The highest BCUT2D eigenvalue weighted by Gasteiger charge is 2.19. The first kappa shape index (κ1) is 15.9. The zero-order valence-corrected chi connectivity index (χ0v) is 13.7. The van der Waals surface area contributed by atoms with E-state index < -0.39 is 5.97 Å². The minimum Gasteiger partial charge on any atom is -0.466 e. The number of carbonyl (C=O) groups excluding carboxylic acids is 1. The molecule has 3 aromatic rings. The van der Waals surface area contributed by atoms with Gasteiger partial charge in [0.1, 0.15) is 17.0 Å². The first-order valence-corrected chi connectivity index (χ1v) is 7.55. The van der Waals surface area contributed by atoms with Gasteiger partial charge in [0.15, 0.2) is 6.61 Å². The molecule has 7 nitrogen and oxygen atoms in total. The van der Waals surface area contributed by atoms with Crippen molar-refractivity contribution >= 4 is 17.1 Å². The fourth-order valence-corrected chi connectivity index (χ4v) is 2.19. The van der Waals surface area contributed by atoms with Gasteiger partial charge < -0.3 is 14.0 Å². The van der Waals surface area contributed by atoms with Gasteiger partial charge >= 0.3 is 5.97 Å². The van der Waals surface area contributed by atoms with Crippen LogP contribution in [-0.2, 0) is 16.0 Å². The van der Waals surface area contributed by atoms with E-state index in [4.69, 9.17) is 9.26 Å². The third kappa shape index (κ3) is 3.05. The quantitative estimate of drug-likeness (QED) is 0.666. The molecule has 0 spiro atoms. The van der Waals surface area contributed by atoms with Crippen molar-refractivity contribution in [1.82, 2.24) is 15.1 Å². The highest BCUT2D eigenvalue weighted by molar-refractivity contribution is 5.90. The molecule has 0 aliphatic carbocycles. The standard InChI is InChI=1S/C17H17N3O4/c1-4-12-18-15-14(11-7-5-10(2)6-8-11)20-24-16(15)17(19-12)23-9-13(21)22-3/h5-8H,4,9H2,1-3H3. The molecule has 0 aliphatic heterocycles. The number of hydrogen-bond donors (Lipinski definition) is 0. The second-order valence-corrected chi connectivity index (χ2v) is 5.24. The van der Waals surface area contributed by atoms with E-state index in [0.717, 1.165) is 11.1 Å². The normalized spacial score (nSPS) is 10.8. The van der Waals surface area contributed by atoms with Gasteiger partial charge in [-0.15, -0.1) is 0 Å². The van der Waals surface area contributed by atoms with Crippen LogP contribution in [0.4, 0.5) is 0 Å². The Morgan fingerprint density at radius 3 is 2.62 bits per heavy atom. The Balaban J connectivity index is 2.07. The molecule has 0 fully saturated rings. The second-order valence-electron chi connectivity index (χ2n) is 5.24. The molecule has 0 amide bonds. The highest BCUT2D eigenvalue weighted by Crippen LogP contribution is 2.31. The molecular formula is C17H17N3O4. The van der Waals surface area contributed by atoms with Crippen molar-refractivity contribution in [3.63, 3.8) is 0 Å². The molecule has 0 bridgehead atoms. The second kappa shape index (κ2) is 6.66. The topological polar surface area (TPSA) is 87.3 Å². The van der Waals surface area contributed by atoms with E-state index in [-0.39, 0.29) is 12.5 Å². The molecule has 24 heavy (non-hydrogen) atoms. The van der Waals surface area contributed by atoms with Crippen LogP contribution in [-0.4, -0.2) is 34.8 Å². The van der Waals surface area contributed by atoms with Crippen LogP contribution in [0.3, 0.4) is 0 Å². The van der Waals surface area contributed by atoms with E-state index in [1.165, 1.54) is 7.11 Å². The van der Waals surface area contributed by atoms with Gasteiger partial charge in [-0.05, 0) is 6.92 Å². The maximum absolute atomic E-state index is 11.3. The maximum Gasteiger partial charge on any atom is 0.343 e. The van der Waals surface area contributed by atoms with Gasteiger partial charge in [-0.2, -0.15) is 4.98 Å². The van der Waals surface area contributed by atoms with E-state index in [1.54, 1.807) is 0 Å². The van der Waals surface area contributed by atoms with Crippen molar-refractivity contribution in [3.05, 3.63) is 35.7 Å². The van der Waals surface area contributed by atoms with Gasteiger partial charge in [0.05, 0.1) is 7.11 Å². The smallest absolute Gasteiger partial charge is 0.343 e. The van der Waals surface area contributed by atoms with Crippen molar-refractivity contribution in [3.8, 4) is 17.1 Å². The van der Waals surface area contributed by atoms with Crippen molar-refractivity contribution < 1.29 is 18.8 Å². The predicted octanol–water partition coefficient (Wildman–Crippen LogP) is 2.71. The largest absolute Gasteiger partial charge is 0.466 e. The Labute approximate surface area is 138 Å². The fourth-order valence-electron chi connectivity index (χ4n) is 2.19. The van der Waals surface area contributed by atoms with Crippen LogP contribution < -0.4 is 4.74 Å². The molecule has 2 aromatic heterocycles. The lowest BCUT2D eigenvalue weighted by atomic mass is 10.1. The minimum atomic E-state index is -0.502. The van der Waals surface area contributed by atoms with Gasteiger partial charge in [-0.3, -0.25) is 0 Å². The molecule has 124 valence electrons. The molecule has 1 aromatic carbocycles. The van der Waals surface area contributed by atoms with Crippen LogP contribution in [0, 0.1) is 6.92 Å². The number of hydrogen-bond acceptors (Lipinski definition) is 7. The van der Waals surface area contributed by atoms with Crippen LogP contribution in [0.1, 0.15) is 18.3 Å². The molecule has 3 rings (SSSR count). The van der Waals surface area contributed by atoms with Crippen molar-refractivity contribution in [2.45, 2.75) is 20.3 Å². The van der Waals surface area contributed by atoms with Crippen LogP contribution >= 0.6 is 0 Å². The molecule has 0 saturated carbocycles. The van der Waals surface area contributed by atoms with Gasteiger partial charge in [0, 0.05) is 12.0 Å². The van der Waals surface area contributed by atoms with Crippen molar-refractivity contribution in [1.29, 1.82) is 0 Å². The number of methoxy groups -OCH3 is 1. The number of ether oxygens (including phenoxy) is 2. The Bertz CT molecular complexity index is 871. The predicted molar refractivity (Wildman–Crippen MR) is 86.7 cm³/mol. The molecule has 0 aliphatic rings. The Morgan fingerprint density at radius 2 is 1.96 bits per heavy atom. The Morgan fingerprint density at radius 1 is 1.21 bits per heavy atom. The summed E-state index contributed by atoms with van der Waals surface area (Å²) in [6, 6.07) is 7.89. The number of benzene rings is 1. The molecule has 2 heterocycles. The average molecular weight is 327 g/mol. The number of fused-ring (bicyclic) bond motifs is 1. The molecule has 0 unspecified atom stereocenters. The first-order chi connectivity index (χ1) is 11.6. The number of carbonyl (C=O) groups is 1. The lowest BCUT2D eigenvalue weighted by molar-refractivity contribution is -0.143. The Kier molecular flexibility index (Phi) is 4.41. The lowest BCUT2D eigenvalue weighted by Gasteiger charge is -2.05. The number of aromatic nitrogens is 3. The van der Waals surface area contributed by atoms with Crippen molar-refractivity contribution in [2.75, 3.05) is 13.7 Å². The van der Waals surface area contributed by atoms with Gasteiger partial charge in [0.2, 0.25) is 5.58 Å². The van der Waals surface area contributed by atoms with E-state index in [2.05, 4.69) is 19.9 Å². The van der Waals surface area contributed by atoms with E-state index in [0.29, 0.717) is 29.0 Å². The minimum absolute atomic E-state index is 0.188. The number of esters is 1. The third-order valence-corrected chi connectivity index (χ3v) is 3.53. The lowest BCUT2D eigenvalue weighted by Crippen LogP contribution is -2.13. The van der Waals surface area contributed by atoms with Gasteiger partial charge in [0.25, 0.3) is 5.88 Å². The maximum atomic E-state index is 11.3. The fraction of sp³-hybridized carbons (Fsp3) is 0.294. The van der Waals surface area contributed by atoms with Crippen LogP contribution in [0.5, 0.6) is 5.88 Å². The molecule has 0 radical (unpaired) electrons. The molecular weight excluding hydrogens is 310 g/mol. The van der Waals surface area contributed by atoms with Crippen molar-refractivity contribution in [2.24, 2.45) is 0 Å². The SMILES string of the molecule is CCc1nc(OCC(=O)OC)c2onc(-c3ccc(C)cc3)c2n1. The van der Waals surface area contributed by atoms with Gasteiger partial charge in [-0.1, -0.05) is 41.9 Å². The summed E-state index contributed by atoms with van der Waals surface area (Å²) in [6.07, 6.45) is 0.614. The average Bonchev–Trinajstić information content (AvgIpc) is 3.03. The summed E-state index contributed by atoms with van der Waals surface area (Å²) in [5, 5.41) is 4.10. The molecule has 7 heteroatoms. The summed E-state index contributed by atoms with van der Waals surface area (Å²) in [5.41, 5.74) is 3.53. The van der Waals surface area contributed by atoms with Gasteiger partial charge in [-0.25, -0.2) is 9.78 Å².